The van der Waals surface area contributed by atoms with E-state index < -0.39 is 11.9 Å². The summed E-state index contributed by atoms with van der Waals surface area (Å²) in [6.07, 6.45) is 1.32. The van der Waals surface area contributed by atoms with Crippen molar-refractivity contribution in [2.75, 3.05) is 7.11 Å². The van der Waals surface area contributed by atoms with E-state index in [1.807, 2.05) is 0 Å². The summed E-state index contributed by atoms with van der Waals surface area (Å²) in [5.41, 5.74) is 0.655. The lowest BCUT2D eigenvalue weighted by Gasteiger charge is -2.10. The molecule has 0 saturated heterocycles. The number of ether oxygens (including phenoxy) is 1. The first kappa shape index (κ1) is 11.9. The number of pyridine rings is 1. The quantitative estimate of drug-likeness (QED) is 0.438. The number of aromatic nitrogens is 1. The van der Waals surface area contributed by atoms with Crippen LogP contribution in [-0.4, -0.2) is 23.8 Å². The highest BCUT2D eigenvalue weighted by Crippen LogP contribution is 2.19. The lowest BCUT2D eigenvalue weighted by molar-refractivity contribution is -0.145. The molecule has 82 valence electrons. The zero-order valence-corrected chi connectivity index (χ0v) is 8.93. The maximum Gasteiger partial charge on any atom is 0.322 e. The summed E-state index contributed by atoms with van der Waals surface area (Å²) in [6.45, 7) is 8.05. The molecule has 1 atom stereocenters. The van der Waals surface area contributed by atoms with Crippen LogP contribution in [0.2, 0.25) is 0 Å². The molecular weight excluding hydrogens is 208 g/mol. The molecule has 1 aromatic rings. The monoisotopic (exact) mass is 218 g/mol. The standard InChI is InChI=1S/C11H10N2O3/c1-7(14)10(11(15)16-3)9-5-4-8(12-2)6-13-9/h4-6,10H,1,3H3. The molecule has 1 heterocycles. The number of carbonyl (C=O) groups excluding carboxylic acids is 2. The Balaban J connectivity index is 3.08. The van der Waals surface area contributed by atoms with Gasteiger partial charge in [-0.1, -0.05) is 6.07 Å². The largest absolute Gasteiger partial charge is 0.468 e. The number of esters is 1. The molecule has 0 N–H and O–H groups in total. The van der Waals surface area contributed by atoms with E-state index in [2.05, 4.69) is 14.6 Å². The van der Waals surface area contributed by atoms with Gasteiger partial charge in [0.1, 0.15) is 5.78 Å². The van der Waals surface area contributed by atoms with Crippen LogP contribution in [0.3, 0.4) is 0 Å². The van der Waals surface area contributed by atoms with Gasteiger partial charge in [0.05, 0.1) is 19.4 Å². The number of nitrogens with zero attached hydrogens (tertiary/aromatic N) is 2. The van der Waals surface area contributed by atoms with E-state index in [-0.39, 0.29) is 5.78 Å². The van der Waals surface area contributed by atoms with Crippen molar-refractivity contribution in [2.24, 2.45) is 0 Å². The maximum atomic E-state index is 11.4. The van der Waals surface area contributed by atoms with Crippen molar-refractivity contribution in [3.05, 3.63) is 35.4 Å². The molecule has 0 spiro atoms. The van der Waals surface area contributed by atoms with Gasteiger partial charge in [0.2, 0.25) is 5.69 Å². The molecule has 5 heteroatoms. The van der Waals surface area contributed by atoms with Crippen molar-refractivity contribution in [3.8, 4) is 0 Å². The average molecular weight is 218 g/mol. The Bertz CT molecular complexity index is 445. The second kappa shape index (κ2) is 5.03. The number of ketones is 1. The molecule has 0 fully saturated rings. The van der Waals surface area contributed by atoms with Gasteiger partial charge in [-0.25, -0.2) is 4.85 Å². The third-order valence-electron chi connectivity index (χ3n) is 2.04. The molecule has 1 rings (SSSR count). The van der Waals surface area contributed by atoms with Gasteiger partial charge < -0.3 is 4.74 Å². The van der Waals surface area contributed by atoms with Crippen LogP contribution in [0.25, 0.3) is 4.85 Å². The molecule has 0 saturated carbocycles. The van der Waals surface area contributed by atoms with E-state index in [1.165, 1.54) is 32.4 Å². The zero-order chi connectivity index (χ0) is 12.1. The molecule has 16 heavy (non-hydrogen) atoms. The molecule has 0 aliphatic carbocycles. The highest BCUT2D eigenvalue weighted by molar-refractivity contribution is 6.02. The fourth-order valence-corrected chi connectivity index (χ4v) is 1.25. The zero-order valence-electron chi connectivity index (χ0n) is 8.93. The molecule has 0 bridgehead atoms. The Hall–Kier alpha value is -2.22. The van der Waals surface area contributed by atoms with Crippen molar-refractivity contribution in [1.82, 2.24) is 4.98 Å². The average Bonchev–Trinajstić information content (AvgIpc) is 2.29. The summed E-state index contributed by atoms with van der Waals surface area (Å²) in [5.74, 6) is -1.99. The van der Waals surface area contributed by atoms with E-state index in [9.17, 15) is 9.59 Å². The number of hydrogen-bond donors (Lipinski definition) is 0. The van der Waals surface area contributed by atoms with Crippen molar-refractivity contribution in [2.45, 2.75) is 12.8 Å². The van der Waals surface area contributed by atoms with Crippen LogP contribution < -0.4 is 0 Å². The maximum absolute atomic E-state index is 11.4. The van der Waals surface area contributed by atoms with Crippen LogP contribution in [0, 0.1) is 6.57 Å². The Morgan fingerprint density at radius 2 is 2.19 bits per heavy atom. The minimum absolute atomic E-state index is 0.298. The van der Waals surface area contributed by atoms with E-state index in [0.717, 1.165) is 0 Å². The van der Waals surface area contributed by atoms with Crippen molar-refractivity contribution >= 4 is 17.4 Å². The minimum Gasteiger partial charge on any atom is -0.468 e. The normalized spacial score (nSPS) is 11.3. The van der Waals surface area contributed by atoms with Crippen molar-refractivity contribution in [3.63, 3.8) is 0 Å². The highest BCUT2D eigenvalue weighted by Gasteiger charge is 2.27. The summed E-state index contributed by atoms with van der Waals surface area (Å²) < 4.78 is 4.52. The number of rotatable bonds is 3. The minimum atomic E-state index is -1.01. The SMILES string of the molecule is [C-]#[N+]c1ccc(C(C(C)=O)C(=O)OC)nc1. The summed E-state index contributed by atoms with van der Waals surface area (Å²) >= 11 is 0. The first-order valence-electron chi connectivity index (χ1n) is 4.52. The van der Waals surface area contributed by atoms with Crippen molar-refractivity contribution < 1.29 is 14.3 Å². The molecule has 1 aromatic heterocycles. The lowest BCUT2D eigenvalue weighted by atomic mass is 10.0. The first-order valence-corrected chi connectivity index (χ1v) is 4.52. The van der Waals surface area contributed by atoms with Gasteiger partial charge >= 0.3 is 5.97 Å². The predicted molar refractivity (Wildman–Crippen MR) is 55.9 cm³/mol. The van der Waals surface area contributed by atoms with Crippen LogP contribution in [0.5, 0.6) is 0 Å². The summed E-state index contributed by atoms with van der Waals surface area (Å²) in [6, 6.07) is 2.99. The molecule has 0 aliphatic rings. The third-order valence-corrected chi connectivity index (χ3v) is 2.04. The van der Waals surface area contributed by atoms with Crippen molar-refractivity contribution in [1.29, 1.82) is 0 Å². The summed E-state index contributed by atoms with van der Waals surface area (Å²) in [7, 11) is 1.21. The van der Waals surface area contributed by atoms with Gasteiger partial charge in [0, 0.05) is 6.20 Å². The first-order chi connectivity index (χ1) is 7.60. The Kier molecular flexibility index (Phi) is 3.72. The molecule has 0 aliphatic heterocycles. The second-order valence-electron chi connectivity index (χ2n) is 3.12. The van der Waals surface area contributed by atoms with E-state index in [4.69, 9.17) is 6.57 Å². The Labute approximate surface area is 92.9 Å². The van der Waals surface area contributed by atoms with Crippen LogP contribution in [0.15, 0.2) is 18.3 Å². The Morgan fingerprint density at radius 3 is 2.56 bits per heavy atom. The van der Waals surface area contributed by atoms with Crippen LogP contribution in [0.4, 0.5) is 5.69 Å². The number of carbonyl (C=O) groups is 2. The van der Waals surface area contributed by atoms with E-state index in [0.29, 0.717) is 11.4 Å². The fraction of sp³-hybridized carbons (Fsp3) is 0.273. The predicted octanol–water partition coefficient (Wildman–Crippen LogP) is 1.48. The van der Waals surface area contributed by atoms with Gasteiger partial charge in [0.15, 0.2) is 5.92 Å². The van der Waals surface area contributed by atoms with Crippen LogP contribution in [0.1, 0.15) is 18.5 Å². The van der Waals surface area contributed by atoms with E-state index >= 15 is 0 Å². The lowest BCUT2D eigenvalue weighted by Crippen LogP contribution is -2.22. The Morgan fingerprint density at radius 1 is 1.50 bits per heavy atom. The smallest absolute Gasteiger partial charge is 0.322 e. The number of methoxy groups -OCH3 is 1. The topological polar surface area (TPSA) is 60.6 Å². The number of hydrogen-bond acceptors (Lipinski definition) is 4. The highest BCUT2D eigenvalue weighted by atomic mass is 16.5. The van der Waals surface area contributed by atoms with E-state index in [1.54, 1.807) is 0 Å². The van der Waals surface area contributed by atoms with Crippen LogP contribution in [-0.2, 0) is 14.3 Å². The molecular formula is C11H10N2O3. The second-order valence-corrected chi connectivity index (χ2v) is 3.12. The molecule has 5 nitrogen and oxygen atoms in total. The molecule has 1 unspecified atom stereocenters. The van der Waals surface area contributed by atoms with Gasteiger partial charge in [-0.3, -0.25) is 14.6 Å². The molecule has 0 amide bonds. The molecule has 0 aromatic carbocycles. The van der Waals surface area contributed by atoms with Gasteiger partial charge in [-0.2, -0.15) is 0 Å². The summed E-state index contributed by atoms with van der Waals surface area (Å²) in [5, 5.41) is 0. The fourth-order valence-electron chi connectivity index (χ4n) is 1.25. The number of Topliss-reactive ketones (excluding diaryl/α,β-unsaturated/α-hetero) is 1. The third kappa shape index (κ3) is 2.42. The van der Waals surface area contributed by atoms with Gasteiger partial charge in [0.25, 0.3) is 0 Å². The van der Waals surface area contributed by atoms with Gasteiger partial charge in [-0.05, 0) is 13.0 Å². The summed E-state index contributed by atoms with van der Waals surface area (Å²) in [4.78, 5) is 29.7. The van der Waals surface area contributed by atoms with Gasteiger partial charge in [-0.15, -0.1) is 0 Å². The molecule has 0 radical (unpaired) electrons. The van der Waals surface area contributed by atoms with Crippen LogP contribution >= 0.6 is 0 Å².